The molecule has 0 aliphatic heterocycles. The SMILES string of the molecule is CCCCC(CC)CNC(=O)c1coc(C(N)CC)n1. The van der Waals surface area contributed by atoms with Gasteiger partial charge in [-0.2, -0.15) is 0 Å². The Hall–Kier alpha value is -1.36. The molecule has 0 saturated heterocycles. The van der Waals surface area contributed by atoms with E-state index in [2.05, 4.69) is 24.1 Å². The number of amides is 1. The Bertz CT molecular complexity index is 404. The van der Waals surface area contributed by atoms with Crippen LogP contribution in [0, 0.1) is 5.92 Å². The van der Waals surface area contributed by atoms with E-state index in [9.17, 15) is 4.79 Å². The quantitative estimate of drug-likeness (QED) is 0.729. The molecule has 5 nitrogen and oxygen atoms in total. The monoisotopic (exact) mass is 281 g/mol. The van der Waals surface area contributed by atoms with Gasteiger partial charge in [-0.05, 0) is 18.8 Å². The first-order valence-corrected chi connectivity index (χ1v) is 7.61. The van der Waals surface area contributed by atoms with E-state index in [0.29, 0.717) is 24.0 Å². The van der Waals surface area contributed by atoms with Crippen LogP contribution in [0.5, 0.6) is 0 Å². The highest BCUT2D eigenvalue weighted by molar-refractivity contribution is 5.91. The van der Waals surface area contributed by atoms with Crippen molar-refractivity contribution in [2.24, 2.45) is 11.7 Å². The summed E-state index contributed by atoms with van der Waals surface area (Å²) in [7, 11) is 0. The van der Waals surface area contributed by atoms with Gasteiger partial charge in [-0.3, -0.25) is 4.79 Å². The maximum Gasteiger partial charge on any atom is 0.273 e. The van der Waals surface area contributed by atoms with Crippen LogP contribution in [0.4, 0.5) is 0 Å². The van der Waals surface area contributed by atoms with E-state index in [1.807, 2.05) is 6.92 Å². The number of carbonyl (C=O) groups is 1. The molecule has 0 aliphatic rings. The predicted molar refractivity (Wildman–Crippen MR) is 79.4 cm³/mol. The normalized spacial score (nSPS) is 14.0. The number of oxazole rings is 1. The topological polar surface area (TPSA) is 81.2 Å². The van der Waals surface area contributed by atoms with E-state index < -0.39 is 0 Å². The maximum absolute atomic E-state index is 12.0. The molecule has 2 atom stereocenters. The van der Waals surface area contributed by atoms with Gasteiger partial charge in [-0.15, -0.1) is 0 Å². The lowest BCUT2D eigenvalue weighted by Gasteiger charge is -2.14. The zero-order valence-electron chi connectivity index (χ0n) is 12.8. The summed E-state index contributed by atoms with van der Waals surface area (Å²) in [5, 5.41) is 2.93. The van der Waals surface area contributed by atoms with Gasteiger partial charge in [0.1, 0.15) is 6.26 Å². The van der Waals surface area contributed by atoms with Gasteiger partial charge in [-0.1, -0.05) is 40.0 Å². The van der Waals surface area contributed by atoms with E-state index in [1.54, 1.807) is 0 Å². The minimum Gasteiger partial charge on any atom is -0.446 e. The number of carbonyl (C=O) groups excluding carboxylic acids is 1. The number of nitrogens with one attached hydrogen (secondary N) is 1. The third kappa shape index (κ3) is 4.96. The number of unbranched alkanes of at least 4 members (excludes halogenated alkanes) is 1. The van der Waals surface area contributed by atoms with Crippen molar-refractivity contribution in [2.45, 2.75) is 58.9 Å². The number of nitrogens with zero attached hydrogens (tertiary/aromatic N) is 1. The van der Waals surface area contributed by atoms with E-state index in [0.717, 1.165) is 19.3 Å². The summed E-state index contributed by atoms with van der Waals surface area (Å²) in [6.45, 7) is 6.98. The Labute approximate surface area is 121 Å². The molecular formula is C15H27N3O2. The van der Waals surface area contributed by atoms with Gasteiger partial charge in [0.2, 0.25) is 5.89 Å². The molecule has 1 aromatic heterocycles. The zero-order valence-corrected chi connectivity index (χ0v) is 12.8. The van der Waals surface area contributed by atoms with Gasteiger partial charge < -0.3 is 15.5 Å². The fourth-order valence-corrected chi connectivity index (χ4v) is 2.01. The second kappa shape index (κ2) is 8.74. The molecule has 0 aromatic carbocycles. The van der Waals surface area contributed by atoms with Gasteiger partial charge in [0.05, 0.1) is 6.04 Å². The summed E-state index contributed by atoms with van der Waals surface area (Å²) in [5.41, 5.74) is 6.13. The lowest BCUT2D eigenvalue weighted by atomic mass is 9.99. The van der Waals surface area contributed by atoms with Gasteiger partial charge >= 0.3 is 0 Å². The third-order valence-corrected chi connectivity index (χ3v) is 3.61. The van der Waals surface area contributed by atoms with E-state index in [1.165, 1.54) is 19.1 Å². The average molecular weight is 281 g/mol. The molecule has 5 heteroatoms. The maximum atomic E-state index is 12.0. The van der Waals surface area contributed by atoms with Crippen molar-refractivity contribution in [3.63, 3.8) is 0 Å². The molecule has 0 bridgehead atoms. The number of rotatable bonds is 9. The first-order chi connectivity index (χ1) is 9.62. The lowest BCUT2D eigenvalue weighted by molar-refractivity contribution is 0.0940. The molecule has 0 spiro atoms. The largest absolute Gasteiger partial charge is 0.446 e. The Morgan fingerprint density at radius 1 is 1.40 bits per heavy atom. The minimum absolute atomic E-state index is 0.182. The first kappa shape index (κ1) is 16.7. The molecule has 3 N–H and O–H groups in total. The van der Waals surface area contributed by atoms with Crippen molar-refractivity contribution in [3.05, 3.63) is 17.8 Å². The summed E-state index contributed by atoms with van der Waals surface area (Å²) in [5.74, 6) is 0.775. The smallest absolute Gasteiger partial charge is 0.273 e. The summed E-state index contributed by atoms with van der Waals surface area (Å²) in [4.78, 5) is 16.1. The molecule has 1 aromatic rings. The van der Waals surface area contributed by atoms with Crippen molar-refractivity contribution in [2.75, 3.05) is 6.54 Å². The van der Waals surface area contributed by atoms with Crippen LogP contribution >= 0.6 is 0 Å². The molecule has 1 amide bonds. The molecular weight excluding hydrogens is 254 g/mol. The van der Waals surface area contributed by atoms with Crippen LogP contribution in [-0.2, 0) is 0 Å². The van der Waals surface area contributed by atoms with Crippen LogP contribution in [0.15, 0.2) is 10.7 Å². The highest BCUT2D eigenvalue weighted by Gasteiger charge is 2.16. The number of hydrogen-bond donors (Lipinski definition) is 2. The van der Waals surface area contributed by atoms with E-state index >= 15 is 0 Å². The van der Waals surface area contributed by atoms with Crippen molar-refractivity contribution >= 4 is 5.91 Å². The molecule has 0 saturated carbocycles. The second-order valence-electron chi connectivity index (χ2n) is 5.21. The van der Waals surface area contributed by atoms with Crippen LogP contribution < -0.4 is 11.1 Å². The molecule has 1 heterocycles. The van der Waals surface area contributed by atoms with E-state index in [-0.39, 0.29) is 11.9 Å². The molecule has 0 aliphatic carbocycles. The van der Waals surface area contributed by atoms with Crippen molar-refractivity contribution in [1.82, 2.24) is 10.3 Å². The van der Waals surface area contributed by atoms with Crippen LogP contribution in [0.25, 0.3) is 0 Å². The van der Waals surface area contributed by atoms with E-state index in [4.69, 9.17) is 10.2 Å². The fourth-order valence-electron chi connectivity index (χ4n) is 2.01. The van der Waals surface area contributed by atoms with Crippen molar-refractivity contribution < 1.29 is 9.21 Å². The molecule has 114 valence electrons. The van der Waals surface area contributed by atoms with Gasteiger partial charge in [0.15, 0.2) is 5.69 Å². The van der Waals surface area contributed by atoms with Crippen LogP contribution in [0.3, 0.4) is 0 Å². The Morgan fingerprint density at radius 3 is 2.75 bits per heavy atom. The summed E-state index contributed by atoms with van der Waals surface area (Å²) >= 11 is 0. The Morgan fingerprint density at radius 2 is 2.15 bits per heavy atom. The first-order valence-electron chi connectivity index (χ1n) is 7.61. The van der Waals surface area contributed by atoms with Crippen LogP contribution in [0.1, 0.15) is 75.3 Å². The summed E-state index contributed by atoms with van der Waals surface area (Å²) in [6, 6.07) is -0.246. The molecule has 2 unspecified atom stereocenters. The van der Waals surface area contributed by atoms with Gasteiger partial charge in [-0.25, -0.2) is 4.98 Å². The van der Waals surface area contributed by atoms with Crippen molar-refractivity contribution in [1.29, 1.82) is 0 Å². The number of hydrogen-bond acceptors (Lipinski definition) is 4. The summed E-state index contributed by atoms with van der Waals surface area (Å²) in [6.07, 6.45) is 6.73. The predicted octanol–water partition coefficient (Wildman–Crippen LogP) is 3.03. The van der Waals surface area contributed by atoms with Crippen LogP contribution in [0.2, 0.25) is 0 Å². The highest BCUT2D eigenvalue weighted by atomic mass is 16.3. The third-order valence-electron chi connectivity index (χ3n) is 3.61. The van der Waals surface area contributed by atoms with Crippen molar-refractivity contribution in [3.8, 4) is 0 Å². The summed E-state index contributed by atoms with van der Waals surface area (Å²) < 4.78 is 5.24. The Kier molecular flexibility index (Phi) is 7.30. The molecule has 0 fully saturated rings. The van der Waals surface area contributed by atoms with Gasteiger partial charge in [0.25, 0.3) is 5.91 Å². The van der Waals surface area contributed by atoms with Crippen LogP contribution in [-0.4, -0.2) is 17.4 Å². The second-order valence-corrected chi connectivity index (χ2v) is 5.21. The van der Waals surface area contributed by atoms with Gasteiger partial charge in [0, 0.05) is 6.54 Å². The highest BCUT2D eigenvalue weighted by Crippen LogP contribution is 2.14. The molecule has 1 rings (SSSR count). The number of aromatic nitrogens is 1. The average Bonchev–Trinajstić information content (AvgIpc) is 2.96. The minimum atomic E-state index is -0.246. The lowest BCUT2D eigenvalue weighted by Crippen LogP contribution is -2.29. The number of nitrogens with two attached hydrogens (primary N) is 1. The zero-order chi connectivity index (χ0) is 15.0. The standard InChI is InChI=1S/C15H27N3O2/c1-4-7-8-11(5-2)9-17-14(19)13-10-20-15(18-13)12(16)6-3/h10-12H,4-9,16H2,1-3H3,(H,17,19). The fraction of sp³-hybridized carbons (Fsp3) is 0.733. The Balaban J connectivity index is 2.47. The molecule has 0 radical (unpaired) electrons. The molecule has 20 heavy (non-hydrogen) atoms.